The van der Waals surface area contributed by atoms with E-state index in [1.807, 2.05) is 0 Å². The normalized spacial score (nSPS) is 29.5. The van der Waals surface area contributed by atoms with E-state index in [0.717, 1.165) is 26.1 Å². The first-order valence-corrected chi connectivity index (χ1v) is 4.93. The van der Waals surface area contributed by atoms with E-state index in [9.17, 15) is 5.11 Å². The summed E-state index contributed by atoms with van der Waals surface area (Å²) in [6.07, 6.45) is 0.853. The van der Waals surface area contributed by atoms with E-state index in [0.29, 0.717) is 5.92 Å². The van der Waals surface area contributed by atoms with Crippen LogP contribution in [0.4, 0.5) is 0 Å². The summed E-state index contributed by atoms with van der Waals surface area (Å²) in [6, 6.07) is 0. The fourth-order valence-corrected chi connectivity index (χ4v) is 2.09. The predicted octanol–water partition coefficient (Wildman–Crippen LogP) is 0.629. The molecule has 0 aromatic carbocycles. The molecule has 0 spiro atoms. The van der Waals surface area contributed by atoms with Crippen LogP contribution in [0.1, 0.15) is 20.3 Å². The van der Waals surface area contributed by atoms with Crippen LogP contribution in [0.3, 0.4) is 0 Å². The Labute approximate surface area is 80.5 Å². The van der Waals surface area contributed by atoms with Crippen LogP contribution in [0.15, 0.2) is 0 Å². The lowest BCUT2D eigenvalue weighted by molar-refractivity contribution is 0.0606. The first kappa shape index (κ1) is 11.0. The van der Waals surface area contributed by atoms with Gasteiger partial charge in [-0.1, -0.05) is 13.8 Å². The van der Waals surface area contributed by atoms with Crippen molar-refractivity contribution in [2.45, 2.75) is 26.4 Å². The van der Waals surface area contributed by atoms with Gasteiger partial charge in [0.15, 0.2) is 0 Å². The lowest BCUT2D eigenvalue weighted by Gasteiger charge is -2.28. The summed E-state index contributed by atoms with van der Waals surface area (Å²) < 4.78 is 5.15. The Morgan fingerprint density at radius 1 is 1.46 bits per heavy atom. The lowest BCUT2D eigenvalue weighted by Crippen LogP contribution is -2.28. The van der Waals surface area contributed by atoms with E-state index in [1.54, 1.807) is 7.11 Å². The molecule has 1 saturated heterocycles. The summed E-state index contributed by atoms with van der Waals surface area (Å²) >= 11 is 0. The number of hydrogen-bond donors (Lipinski definition) is 2. The van der Waals surface area contributed by atoms with Gasteiger partial charge in [-0.15, -0.1) is 0 Å². The summed E-state index contributed by atoms with van der Waals surface area (Å²) in [5.74, 6) is 0.394. The van der Waals surface area contributed by atoms with Gasteiger partial charge in [-0.2, -0.15) is 0 Å². The summed E-state index contributed by atoms with van der Waals surface area (Å²) in [5.41, 5.74) is 0.173. The van der Waals surface area contributed by atoms with Crippen molar-refractivity contribution < 1.29 is 9.84 Å². The molecule has 1 fully saturated rings. The van der Waals surface area contributed by atoms with Crippen molar-refractivity contribution in [2.75, 3.05) is 26.8 Å². The Hall–Kier alpha value is -0.120. The highest BCUT2D eigenvalue weighted by Gasteiger charge is 2.31. The second kappa shape index (κ2) is 4.40. The minimum atomic E-state index is -0.170. The number of aliphatic hydroxyl groups excluding tert-OH is 1. The zero-order valence-electron chi connectivity index (χ0n) is 8.84. The number of hydrogen-bond acceptors (Lipinski definition) is 3. The maximum Gasteiger partial charge on any atom is 0.0705 e. The summed E-state index contributed by atoms with van der Waals surface area (Å²) in [7, 11) is 1.73. The van der Waals surface area contributed by atoms with Crippen LogP contribution in [0, 0.1) is 11.3 Å². The van der Waals surface area contributed by atoms with Crippen LogP contribution in [0.25, 0.3) is 0 Å². The molecule has 0 aromatic heterocycles. The molecule has 1 heterocycles. The zero-order chi connectivity index (χ0) is 9.90. The second-order valence-electron chi connectivity index (χ2n) is 4.79. The third kappa shape index (κ3) is 3.25. The molecule has 1 rings (SSSR count). The Balaban J connectivity index is 2.37. The lowest BCUT2D eigenvalue weighted by atomic mass is 9.82. The predicted molar refractivity (Wildman–Crippen MR) is 52.6 cm³/mol. The van der Waals surface area contributed by atoms with E-state index >= 15 is 0 Å². The van der Waals surface area contributed by atoms with Crippen molar-refractivity contribution in [2.24, 2.45) is 11.3 Å². The molecule has 78 valence electrons. The minimum absolute atomic E-state index is 0.170. The van der Waals surface area contributed by atoms with Crippen LogP contribution >= 0.6 is 0 Å². The molecule has 13 heavy (non-hydrogen) atoms. The van der Waals surface area contributed by atoms with Gasteiger partial charge in [-0.05, 0) is 17.8 Å². The minimum Gasteiger partial charge on any atom is -0.391 e. The molecule has 0 saturated carbocycles. The first-order chi connectivity index (χ1) is 6.05. The molecule has 0 bridgehead atoms. The van der Waals surface area contributed by atoms with Gasteiger partial charge in [-0.3, -0.25) is 0 Å². The van der Waals surface area contributed by atoms with Crippen LogP contribution < -0.4 is 5.32 Å². The molecule has 0 radical (unpaired) electrons. The maximum atomic E-state index is 9.62. The van der Waals surface area contributed by atoms with E-state index in [-0.39, 0.29) is 11.5 Å². The number of rotatable bonds is 4. The molecule has 0 unspecified atom stereocenters. The molecule has 3 nitrogen and oxygen atoms in total. The fourth-order valence-electron chi connectivity index (χ4n) is 2.09. The maximum absolute atomic E-state index is 9.62. The third-order valence-electron chi connectivity index (χ3n) is 2.65. The number of ether oxygens (including phenoxy) is 1. The van der Waals surface area contributed by atoms with E-state index in [4.69, 9.17) is 4.74 Å². The molecule has 2 N–H and O–H groups in total. The molecule has 0 aliphatic carbocycles. The largest absolute Gasteiger partial charge is 0.391 e. The monoisotopic (exact) mass is 187 g/mol. The Morgan fingerprint density at radius 2 is 2.15 bits per heavy atom. The standard InChI is InChI=1S/C10H21NO2/c1-10(2,7-13-3)4-8-5-11-6-9(8)12/h8-9,11-12H,4-7H2,1-3H3/t8-,9-/m1/s1. The van der Waals surface area contributed by atoms with Gasteiger partial charge in [0.25, 0.3) is 0 Å². The molecule has 0 aromatic rings. The van der Waals surface area contributed by atoms with Gasteiger partial charge in [0.2, 0.25) is 0 Å². The summed E-state index contributed by atoms with van der Waals surface area (Å²) in [4.78, 5) is 0. The van der Waals surface area contributed by atoms with E-state index < -0.39 is 0 Å². The average molecular weight is 187 g/mol. The molecular weight excluding hydrogens is 166 g/mol. The zero-order valence-corrected chi connectivity index (χ0v) is 8.84. The van der Waals surface area contributed by atoms with Crippen molar-refractivity contribution in [1.82, 2.24) is 5.32 Å². The Morgan fingerprint density at radius 3 is 2.62 bits per heavy atom. The van der Waals surface area contributed by atoms with E-state index in [1.165, 1.54) is 0 Å². The number of β-amino-alcohol motifs (C(OH)–C–C–N with tert-alkyl or cyclic N) is 1. The highest BCUT2D eigenvalue weighted by molar-refractivity contribution is 4.85. The molecular formula is C10H21NO2. The Bertz CT molecular complexity index is 159. The first-order valence-electron chi connectivity index (χ1n) is 4.93. The molecule has 2 atom stereocenters. The van der Waals surface area contributed by atoms with Crippen molar-refractivity contribution in [3.8, 4) is 0 Å². The highest BCUT2D eigenvalue weighted by Crippen LogP contribution is 2.28. The van der Waals surface area contributed by atoms with Gasteiger partial charge < -0.3 is 15.2 Å². The third-order valence-corrected chi connectivity index (χ3v) is 2.65. The summed E-state index contributed by atoms with van der Waals surface area (Å²) in [5, 5.41) is 12.8. The molecule has 1 aliphatic rings. The SMILES string of the molecule is COCC(C)(C)C[C@@H]1CNC[C@H]1O. The van der Waals surface area contributed by atoms with E-state index in [2.05, 4.69) is 19.2 Å². The van der Waals surface area contributed by atoms with Crippen LogP contribution in [0.2, 0.25) is 0 Å². The smallest absolute Gasteiger partial charge is 0.0705 e. The number of aliphatic hydroxyl groups is 1. The number of methoxy groups -OCH3 is 1. The van der Waals surface area contributed by atoms with Crippen molar-refractivity contribution in [3.05, 3.63) is 0 Å². The van der Waals surface area contributed by atoms with Crippen molar-refractivity contribution in [1.29, 1.82) is 0 Å². The van der Waals surface area contributed by atoms with Gasteiger partial charge >= 0.3 is 0 Å². The van der Waals surface area contributed by atoms with Gasteiger partial charge in [0.05, 0.1) is 12.7 Å². The number of nitrogens with one attached hydrogen (secondary N) is 1. The van der Waals surface area contributed by atoms with Gasteiger partial charge in [0, 0.05) is 20.2 Å². The van der Waals surface area contributed by atoms with Crippen LogP contribution in [0.5, 0.6) is 0 Å². The van der Waals surface area contributed by atoms with Crippen LogP contribution in [-0.2, 0) is 4.74 Å². The van der Waals surface area contributed by atoms with Crippen molar-refractivity contribution in [3.63, 3.8) is 0 Å². The molecule has 1 aliphatic heterocycles. The van der Waals surface area contributed by atoms with Gasteiger partial charge in [0.1, 0.15) is 0 Å². The molecule has 0 amide bonds. The average Bonchev–Trinajstić information content (AvgIpc) is 2.35. The second-order valence-corrected chi connectivity index (χ2v) is 4.79. The quantitative estimate of drug-likeness (QED) is 0.678. The van der Waals surface area contributed by atoms with Gasteiger partial charge in [-0.25, -0.2) is 0 Å². The Kier molecular flexibility index (Phi) is 3.71. The topological polar surface area (TPSA) is 41.5 Å². The fraction of sp³-hybridized carbons (Fsp3) is 1.00. The highest BCUT2D eigenvalue weighted by atomic mass is 16.5. The van der Waals surface area contributed by atoms with Crippen LogP contribution in [-0.4, -0.2) is 38.0 Å². The summed E-state index contributed by atoms with van der Waals surface area (Å²) in [6.45, 7) is 6.81. The van der Waals surface area contributed by atoms with Crippen molar-refractivity contribution >= 4 is 0 Å². The molecule has 3 heteroatoms.